The Bertz CT molecular complexity index is 746. The molecule has 5 nitrogen and oxygen atoms in total. The molecule has 0 aliphatic carbocycles. The van der Waals surface area contributed by atoms with Crippen LogP contribution < -0.4 is 5.56 Å². The molecule has 0 spiro atoms. The minimum atomic E-state index is -0.0817. The van der Waals surface area contributed by atoms with Crippen molar-refractivity contribution in [2.45, 2.75) is 6.54 Å². The first kappa shape index (κ1) is 10.3. The van der Waals surface area contributed by atoms with Gasteiger partial charge in [-0.2, -0.15) is 0 Å². The molecule has 2 aromatic heterocycles. The monoisotopic (exact) mass is 248 g/mol. The minimum Gasteiger partial charge on any atom is -0.275 e. The van der Waals surface area contributed by atoms with E-state index < -0.39 is 0 Å². The molecule has 0 saturated heterocycles. The quantitative estimate of drug-likeness (QED) is 0.642. The van der Waals surface area contributed by atoms with E-state index in [1.807, 2.05) is 18.2 Å². The number of aryl methyl sites for hydroxylation is 1. The summed E-state index contributed by atoms with van der Waals surface area (Å²) in [6.45, 7) is 0.424. The highest BCUT2D eigenvalue weighted by molar-refractivity contribution is 6.17. The number of benzene rings is 1. The van der Waals surface area contributed by atoms with Crippen LogP contribution in [0.5, 0.6) is 0 Å². The molecule has 0 saturated carbocycles. The SMILES string of the molecule is O=c1c2ccccc2n2cnnc2n1CCCl. The molecule has 1 aromatic carbocycles. The fourth-order valence-electron chi connectivity index (χ4n) is 1.97. The third kappa shape index (κ3) is 1.43. The zero-order valence-corrected chi connectivity index (χ0v) is 9.63. The number of hydrogen-bond acceptors (Lipinski definition) is 3. The number of hydrogen-bond donors (Lipinski definition) is 0. The van der Waals surface area contributed by atoms with Crippen LogP contribution >= 0.6 is 11.6 Å². The second-order valence-corrected chi connectivity index (χ2v) is 4.04. The van der Waals surface area contributed by atoms with Crippen LogP contribution in [0.25, 0.3) is 16.7 Å². The van der Waals surface area contributed by atoms with Crippen LogP contribution in [0, 0.1) is 0 Å². The van der Waals surface area contributed by atoms with Gasteiger partial charge in [-0.1, -0.05) is 12.1 Å². The molecule has 0 atom stereocenters. The van der Waals surface area contributed by atoms with Gasteiger partial charge in [-0.25, -0.2) is 0 Å². The lowest BCUT2D eigenvalue weighted by Gasteiger charge is -2.07. The molecular formula is C11H9ClN4O. The van der Waals surface area contributed by atoms with E-state index in [9.17, 15) is 4.79 Å². The van der Waals surface area contributed by atoms with Gasteiger partial charge in [-0.05, 0) is 12.1 Å². The lowest BCUT2D eigenvalue weighted by Crippen LogP contribution is -2.23. The van der Waals surface area contributed by atoms with Gasteiger partial charge in [0.25, 0.3) is 5.56 Å². The molecule has 3 aromatic rings. The molecule has 0 unspecified atom stereocenters. The summed E-state index contributed by atoms with van der Waals surface area (Å²) in [5, 5.41) is 8.45. The topological polar surface area (TPSA) is 52.2 Å². The van der Waals surface area contributed by atoms with Crippen molar-refractivity contribution in [2.24, 2.45) is 0 Å². The lowest BCUT2D eigenvalue weighted by molar-refractivity contribution is 0.740. The van der Waals surface area contributed by atoms with Gasteiger partial charge in [-0.15, -0.1) is 21.8 Å². The van der Waals surface area contributed by atoms with Crippen molar-refractivity contribution in [3.63, 3.8) is 0 Å². The van der Waals surface area contributed by atoms with E-state index in [4.69, 9.17) is 11.6 Å². The summed E-state index contributed by atoms with van der Waals surface area (Å²) < 4.78 is 3.34. The highest BCUT2D eigenvalue weighted by atomic mass is 35.5. The Morgan fingerprint density at radius 3 is 2.94 bits per heavy atom. The normalized spacial score (nSPS) is 11.4. The summed E-state index contributed by atoms with van der Waals surface area (Å²) in [5.74, 6) is 0.884. The largest absolute Gasteiger partial charge is 0.275 e. The van der Waals surface area contributed by atoms with Crippen molar-refractivity contribution in [2.75, 3.05) is 5.88 Å². The standard InChI is InChI=1S/C11H9ClN4O/c12-5-6-15-10(17)8-3-1-2-4-9(8)16-7-13-14-11(15)16/h1-4,7H,5-6H2. The van der Waals surface area contributed by atoms with Crippen LogP contribution in [0.15, 0.2) is 35.4 Å². The van der Waals surface area contributed by atoms with Crippen LogP contribution in [0.3, 0.4) is 0 Å². The smallest absolute Gasteiger partial charge is 0.262 e. The Morgan fingerprint density at radius 2 is 2.12 bits per heavy atom. The van der Waals surface area contributed by atoms with Gasteiger partial charge in [0.05, 0.1) is 10.9 Å². The molecule has 0 bridgehead atoms. The molecule has 0 aliphatic heterocycles. The second kappa shape index (κ2) is 3.85. The third-order valence-corrected chi connectivity index (χ3v) is 2.89. The first-order valence-corrected chi connectivity index (χ1v) is 5.73. The second-order valence-electron chi connectivity index (χ2n) is 3.66. The van der Waals surface area contributed by atoms with E-state index >= 15 is 0 Å². The maximum atomic E-state index is 12.3. The van der Waals surface area contributed by atoms with E-state index in [-0.39, 0.29) is 5.56 Å². The summed E-state index contributed by atoms with van der Waals surface area (Å²) in [5.41, 5.74) is 0.727. The van der Waals surface area contributed by atoms with Gasteiger partial charge in [0, 0.05) is 12.4 Å². The predicted octanol–water partition coefficient (Wildman–Crippen LogP) is 1.28. The number of rotatable bonds is 2. The van der Waals surface area contributed by atoms with Crippen molar-refractivity contribution >= 4 is 28.3 Å². The highest BCUT2D eigenvalue weighted by Gasteiger charge is 2.10. The maximum Gasteiger partial charge on any atom is 0.262 e. The fraction of sp³-hybridized carbons (Fsp3) is 0.182. The minimum absolute atomic E-state index is 0.0817. The zero-order valence-electron chi connectivity index (χ0n) is 8.88. The van der Waals surface area contributed by atoms with Crippen LogP contribution in [-0.4, -0.2) is 25.0 Å². The number of fused-ring (bicyclic) bond motifs is 3. The molecule has 0 radical (unpaired) electrons. The summed E-state index contributed by atoms with van der Waals surface area (Å²) in [6.07, 6.45) is 1.60. The van der Waals surface area contributed by atoms with Gasteiger partial charge in [0.15, 0.2) is 0 Å². The number of para-hydroxylation sites is 1. The third-order valence-electron chi connectivity index (χ3n) is 2.72. The first-order valence-electron chi connectivity index (χ1n) is 5.20. The molecule has 0 aliphatic rings. The van der Waals surface area contributed by atoms with Gasteiger partial charge >= 0.3 is 0 Å². The maximum absolute atomic E-state index is 12.3. The van der Waals surface area contributed by atoms with Crippen LogP contribution in [0.4, 0.5) is 0 Å². The number of alkyl halides is 1. The molecule has 17 heavy (non-hydrogen) atoms. The molecule has 0 amide bonds. The first-order chi connectivity index (χ1) is 8.33. The van der Waals surface area contributed by atoms with Gasteiger partial charge < -0.3 is 0 Å². The zero-order chi connectivity index (χ0) is 11.8. The molecule has 3 rings (SSSR count). The van der Waals surface area contributed by atoms with Crippen molar-refractivity contribution in [3.05, 3.63) is 40.9 Å². The summed E-state index contributed by atoms with van der Waals surface area (Å²) in [6, 6.07) is 7.39. The van der Waals surface area contributed by atoms with Crippen LogP contribution in [0.2, 0.25) is 0 Å². The molecule has 0 N–H and O–H groups in total. The molecule has 86 valence electrons. The fourth-order valence-corrected chi connectivity index (χ4v) is 2.14. The lowest BCUT2D eigenvalue weighted by atomic mass is 10.2. The van der Waals surface area contributed by atoms with Crippen molar-refractivity contribution in [1.29, 1.82) is 0 Å². The highest BCUT2D eigenvalue weighted by Crippen LogP contribution is 2.11. The van der Waals surface area contributed by atoms with E-state index in [0.717, 1.165) is 5.52 Å². The number of halogens is 1. The average Bonchev–Trinajstić information content (AvgIpc) is 2.84. The van der Waals surface area contributed by atoms with E-state index in [2.05, 4.69) is 10.2 Å². The Labute approximate surface area is 101 Å². The molecule has 0 fully saturated rings. The Balaban J connectivity index is 2.56. The van der Waals surface area contributed by atoms with Gasteiger partial charge in [0.1, 0.15) is 6.33 Å². The molecular weight excluding hydrogens is 240 g/mol. The van der Waals surface area contributed by atoms with Gasteiger partial charge in [-0.3, -0.25) is 13.8 Å². The summed E-state index contributed by atoms with van der Waals surface area (Å²) in [7, 11) is 0. The van der Waals surface area contributed by atoms with E-state index in [1.165, 1.54) is 0 Å². The summed E-state index contributed by atoms with van der Waals surface area (Å²) in [4.78, 5) is 12.3. The predicted molar refractivity (Wildman–Crippen MR) is 65.5 cm³/mol. The summed E-state index contributed by atoms with van der Waals surface area (Å²) >= 11 is 5.71. The Kier molecular flexibility index (Phi) is 2.33. The average molecular weight is 249 g/mol. The molecule has 2 heterocycles. The van der Waals surface area contributed by atoms with E-state index in [0.29, 0.717) is 23.6 Å². The van der Waals surface area contributed by atoms with Crippen molar-refractivity contribution in [3.8, 4) is 0 Å². The number of nitrogens with zero attached hydrogens (tertiary/aromatic N) is 4. The Hall–Kier alpha value is -1.88. The van der Waals surface area contributed by atoms with Crippen molar-refractivity contribution < 1.29 is 0 Å². The molecule has 6 heteroatoms. The number of aromatic nitrogens is 4. The van der Waals surface area contributed by atoms with Crippen LogP contribution in [-0.2, 0) is 6.54 Å². The van der Waals surface area contributed by atoms with Crippen LogP contribution in [0.1, 0.15) is 0 Å². The van der Waals surface area contributed by atoms with Crippen molar-refractivity contribution in [1.82, 2.24) is 19.2 Å². The van der Waals surface area contributed by atoms with E-state index in [1.54, 1.807) is 21.4 Å². The van der Waals surface area contributed by atoms with Gasteiger partial charge in [0.2, 0.25) is 5.78 Å². The Morgan fingerprint density at radius 1 is 1.29 bits per heavy atom.